The monoisotopic (exact) mass is 178 g/mol. The van der Waals surface area contributed by atoms with Crippen molar-refractivity contribution in [3.8, 4) is 0 Å². The molecule has 0 amide bonds. The molecule has 0 aromatic rings. The highest BCUT2D eigenvalue weighted by Gasteiger charge is 2.35. The van der Waals surface area contributed by atoms with Crippen LogP contribution in [0.4, 0.5) is 0 Å². The molecule has 0 N–H and O–H groups in total. The maximum Gasteiger partial charge on any atom is 0.461 e. The Bertz CT molecular complexity index is 200. The van der Waals surface area contributed by atoms with E-state index in [0.29, 0.717) is 0 Å². The molecular weight excluding hydrogens is 172 g/mol. The molecule has 0 spiro atoms. The van der Waals surface area contributed by atoms with E-state index in [0.717, 1.165) is 7.11 Å². The molecule has 0 saturated carbocycles. The summed E-state index contributed by atoms with van der Waals surface area (Å²) in [6.45, 7) is 0. The Balaban J connectivity index is 4.24. The zero-order valence-electron chi connectivity index (χ0n) is 6.13. The predicted octanol–water partition coefficient (Wildman–Crippen LogP) is -0.571. The largest absolute Gasteiger partial charge is 0.469 e. The standard InChI is InChI=1S/C4H6N2O6/c1-12-4(7)2-3(5(8)9)6(10)11/h3H,2H2,1H3. The lowest BCUT2D eigenvalue weighted by atomic mass is 10.4. The van der Waals surface area contributed by atoms with Gasteiger partial charge in [0, 0.05) is 0 Å². The van der Waals surface area contributed by atoms with Gasteiger partial charge in [0.15, 0.2) is 6.42 Å². The molecule has 0 rings (SSSR count). The van der Waals surface area contributed by atoms with Crippen molar-refractivity contribution < 1.29 is 19.4 Å². The van der Waals surface area contributed by atoms with Gasteiger partial charge in [0.05, 0.1) is 17.0 Å². The zero-order chi connectivity index (χ0) is 9.72. The van der Waals surface area contributed by atoms with Crippen LogP contribution in [0.1, 0.15) is 6.42 Å². The van der Waals surface area contributed by atoms with Crippen molar-refractivity contribution in [2.75, 3.05) is 7.11 Å². The number of carbonyl (C=O) groups excluding carboxylic acids is 1. The molecule has 0 unspecified atom stereocenters. The highest BCUT2D eigenvalue weighted by atomic mass is 16.7. The summed E-state index contributed by atoms with van der Waals surface area (Å²) in [6, 6.07) is 0. The molecule has 68 valence electrons. The molecule has 0 aromatic carbocycles. The average Bonchev–Trinajstić information content (AvgIpc) is 1.98. The van der Waals surface area contributed by atoms with Crippen LogP contribution in [0.3, 0.4) is 0 Å². The summed E-state index contributed by atoms with van der Waals surface area (Å²) in [4.78, 5) is 28.0. The third-order valence-corrected chi connectivity index (χ3v) is 1.06. The molecule has 0 radical (unpaired) electrons. The van der Waals surface area contributed by atoms with Gasteiger partial charge in [-0.05, 0) is 0 Å². The van der Waals surface area contributed by atoms with Crippen molar-refractivity contribution in [2.45, 2.75) is 12.6 Å². The fourth-order valence-corrected chi connectivity index (χ4v) is 0.458. The van der Waals surface area contributed by atoms with Crippen LogP contribution in [0, 0.1) is 20.2 Å². The van der Waals surface area contributed by atoms with E-state index in [1.165, 1.54) is 0 Å². The normalized spacial score (nSPS) is 9.50. The first-order valence-electron chi connectivity index (χ1n) is 2.82. The topological polar surface area (TPSA) is 113 Å². The van der Waals surface area contributed by atoms with E-state index in [-0.39, 0.29) is 0 Å². The fourth-order valence-electron chi connectivity index (χ4n) is 0.458. The quantitative estimate of drug-likeness (QED) is 0.246. The van der Waals surface area contributed by atoms with Crippen LogP contribution in [0.2, 0.25) is 0 Å². The Hall–Kier alpha value is -1.73. The van der Waals surface area contributed by atoms with Crippen LogP contribution in [0.15, 0.2) is 0 Å². The highest BCUT2D eigenvalue weighted by molar-refractivity contribution is 5.69. The second-order valence-electron chi connectivity index (χ2n) is 1.83. The van der Waals surface area contributed by atoms with Gasteiger partial charge in [-0.3, -0.25) is 25.0 Å². The summed E-state index contributed by atoms with van der Waals surface area (Å²) >= 11 is 0. The van der Waals surface area contributed by atoms with Crippen molar-refractivity contribution in [3.05, 3.63) is 20.2 Å². The lowest BCUT2D eigenvalue weighted by Gasteiger charge is -1.99. The molecule has 0 aliphatic rings. The first kappa shape index (κ1) is 10.3. The van der Waals surface area contributed by atoms with Gasteiger partial charge in [-0.15, -0.1) is 0 Å². The second-order valence-corrected chi connectivity index (χ2v) is 1.83. The van der Waals surface area contributed by atoms with Crippen molar-refractivity contribution in [1.82, 2.24) is 0 Å². The smallest absolute Gasteiger partial charge is 0.461 e. The molecule has 0 bridgehead atoms. The van der Waals surface area contributed by atoms with Gasteiger partial charge in [0.1, 0.15) is 0 Å². The number of nitrogens with zero attached hydrogens (tertiary/aromatic N) is 2. The number of esters is 1. The van der Waals surface area contributed by atoms with E-state index in [4.69, 9.17) is 0 Å². The van der Waals surface area contributed by atoms with Crippen LogP contribution in [0.5, 0.6) is 0 Å². The Morgan fingerprint density at radius 1 is 1.42 bits per heavy atom. The molecule has 0 aliphatic carbocycles. The summed E-state index contributed by atoms with van der Waals surface area (Å²) in [6.07, 6.45) is -2.96. The van der Waals surface area contributed by atoms with Crippen LogP contribution in [-0.2, 0) is 9.53 Å². The van der Waals surface area contributed by atoms with Crippen LogP contribution in [0.25, 0.3) is 0 Å². The zero-order valence-corrected chi connectivity index (χ0v) is 6.13. The number of hydrogen-bond acceptors (Lipinski definition) is 6. The van der Waals surface area contributed by atoms with Crippen LogP contribution in [-0.4, -0.2) is 29.1 Å². The highest BCUT2D eigenvalue weighted by Crippen LogP contribution is 1.99. The third kappa shape index (κ3) is 2.90. The molecule has 0 fully saturated rings. The summed E-state index contributed by atoms with van der Waals surface area (Å²) in [5, 5.41) is 19.9. The van der Waals surface area contributed by atoms with E-state index < -0.39 is 28.4 Å². The summed E-state index contributed by atoms with van der Waals surface area (Å²) in [5.74, 6) is -0.978. The van der Waals surface area contributed by atoms with Crippen LogP contribution < -0.4 is 0 Å². The van der Waals surface area contributed by atoms with Gasteiger partial charge >= 0.3 is 12.1 Å². The Morgan fingerprint density at radius 2 is 1.83 bits per heavy atom. The third-order valence-electron chi connectivity index (χ3n) is 1.06. The first-order chi connectivity index (χ1) is 5.49. The Kier molecular flexibility index (Phi) is 3.60. The number of methoxy groups -OCH3 is 1. The van der Waals surface area contributed by atoms with Gasteiger partial charge < -0.3 is 4.74 Å². The van der Waals surface area contributed by atoms with Crippen molar-refractivity contribution in [2.24, 2.45) is 0 Å². The average molecular weight is 178 g/mol. The predicted molar refractivity (Wildman–Crippen MR) is 34.4 cm³/mol. The number of nitro groups is 2. The van der Waals surface area contributed by atoms with Gasteiger partial charge in [-0.25, -0.2) is 0 Å². The van der Waals surface area contributed by atoms with Crippen LogP contribution >= 0.6 is 0 Å². The van der Waals surface area contributed by atoms with Gasteiger partial charge in [-0.1, -0.05) is 0 Å². The molecular formula is C4H6N2O6. The second kappa shape index (κ2) is 4.21. The molecule has 0 aromatic heterocycles. The maximum atomic E-state index is 10.4. The molecule has 8 nitrogen and oxygen atoms in total. The Labute approximate surface area is 66.4 Å². The first-order valence-corrected chi connectivity index (χ1v) is 2.82. The van der Waals surface area contributed by atoms with E-state index in [1.54, 1.807) is 0 Å². The van der Waals surface area contributed by atoms with E-state index in [1.807, 2.05) is 0 Å². The van der Waals surface area contributed by atoms with Crippen molar-refractivity contribution in [3.63, 3.8) is 0 Å². The lowest BCUT2D eigenvalue weighted by Crippen LogP contribution is -2.31. The number of ether oxygens (including phenoxy) is 1. The van der Waals surface area contributed by atoms with Gasteiger partial charge in [-0.2, -0.15) is 0 Å². The molecule has 0 saturated heterocycles. The Morgan fingerprint density at radius 3 is 2.08 bits per heavy atom. The molecule has 0 aliphatic heterocycles. The van der Waals surface area contributed by atoms with Crippen molar-refractivity contribution in [1.29, 1.82) is 0 Å². The lowest BCUT2D eigenvalue weighted by molar-refractivity contribution is -0.740. The summed E-state index contributed by atoms with van der Waals surface area (Å²) < 4.78 is 4.03. The van der Waals surface area contributed by atoms with Crippen molar-refractivity contribution >= 4 is 5.97 Å². The molecule has 0 atom stereocenters. The van der Waals surface area contributed by atoms with Gasteiger partial charge in [0.2, 0.25) is 0 Å². The minimum absolute atomic E-state index is 0.851. The van der Waals surface area contributed by atoms with E-state index in [9.17, 15) is 25.0 Å². The minimum atomic E-state index is -2.11. The van der Waals surface area contributed by atoms with E-state index in [2.05, 4.69) is 4.74 Å². The number of hydrogen-bond donors (Lipinski definition) is 0. The molecule has 0 heterocycles. The minimum Gasteiger partial charge on any atom is -0.469 e. The van der Waals surface area contributed by atoms with Gasteiger partial charge in [0.25, 0.3) is 0 Å². The molecule has 8 heteroatoms. The van der Waals surface area contributed by atoms with E-state index >= 15 is 0 Å². The summed E-state index contributed by atoms with van der Waals surface area (Å²) in [7, 11) is 0.999. The fraction of sp³-hybridized carbons (Fsp3) is 0.750. The number of rotatable bonds is 4. The number of carbonyl (C=O) groups is 1. The molecule has 12 heavy (non-hydrogen) atoms. The SMILES string of the molecule is COC(=O)CC([N+](=O)[O-])[N+](=O)[O-]. The summed E-state index contributed by atoms with van der Waals surface area (Å²) in [5.41, 5.74) is 0. The maximum absolute atomic E-state index is 10.4.